The van der Waals surface area contributed by atoms with Crippen LogP contribution in [-0.2, 0) is 11.8 Å². The van der Waals surface area contributed by atoms with E-state index >= 15 is 0 Å². The second-order valence-corrected chi connectivity index (χ2v) is 8.33. The lowest BCUT2D eigenvalue weighted by atomic mass is 10.00. The molecule has 1 aliphatic heterocycles. The Kier molecular flexibility index (Phi) is 5.85. The van der Waals surface area contributed by atoms with Crippen LogP contribution in [0.3, 0.4) is 0 Å². The summed E-state index contributed by atoms with van der Waals surface area (Å²) < 4.78 is 7.72. The molecule has 0 radical (unpaired) electrons. The molecule has 9 heteroatoms. The molecular formula is C26H22N6O3. The fraction of sp³-hybridized carbons (Fsp3) is 0.192. The van der Waals surface area contributed by atoms with Crippen molar-refractivity contribution in [1.82, 2.24) is 25.0 Å². The zero-order valence-corrected chi connectivity index (χ0v) is 19.0. The summed E-state index contributed by atoms with van der Waals surface area (Å²) in [6.07, 6.45) is 4.85. The maximum absolute atomic E-state index is 12.5. The zero-order chi connectivity index (χ0) is 24.4. The predicted molar refractivity (Wildman–Crippen MR) is 128 cm³/mol. The molecule has 174 valence electrons. The summed E-state index contributed by atoms with van der Waals surface area (Å²) in [6.45, 7) is 0.765. The number of hydrogen-bond acceptors (Lipinski definition) is 6. The molecule has 3 heterocycles. The van der Waals surface area contributed by atoms with E-state index in [-0.39, 0.29) is 24.5 Å². The number of nitrogens with zero attached hydrogens (tertiary/aromatic N) is 5. The molecule has 0 aliphatic carbocycles. The van der Waals surface area contributed by atoms with Gasteiger partial charge in [-0.1, -0.05) is 12.1 Å². The number of pyridine rings is 1. The largest absolute Gasteiger partial charge is 0.486 e. The minimum atomic E-state index is -0.345. The molecule has 1 aliphatic rings. The number of fused-ring (bicyclic) bond motifs is 1. The summed E-state index contributed by atoms with van der Waals surface area (Å²) in [5.74, 6) is 0.159. The monoisotopic (exact) mass is 466 g/mol. The Balaban J connectivity index is 1.26. The number of hydrogen-bond donors (Lipinski definition) is 1. The maximum atomic E-state index is 12.5. The van der Waals surface area contributed by atoms with Gasteiger partial charge in [-0.05, 0) is 52.9 Å². The summed E-state index contributed by atoms with van der Waals surface area (Å²) in [5.41, 5.74) is 2.83. The van der Waals surface area contributed by atoms with Crippen molar-refractivity contribution in [2.45, 2.75) is 6.10 Å². The van der Waals surface area contributed by atoms with E-state index in [2.05, 4.69) is 21.5 Å². The van der Waals surface area contributed by atoms with E-state index in [0.717, 1.165) is 21.9 Å². The molecular weight excluding hydrogens is 444 g/mol. The van der Waals surface area contributed by atoms with Crippen molar-refractivity contribution >= 4 is 22.6 Å². The summed E-state index contributed by atoms with van der Waals surface area (Å²) in [5, 5.41) is 17.7. The molecule has 0 saturated carbocycles. The number of benzene rings is 2. The van der Waals surface area contributed by atoms with Gasteiger partial charge in [-0.25, -0.2) is 0 Å². The lowest BCUT2D eigenvalue weighted by molar-refractivity contribution is -0.138. The van der Waals surface area contributed by atoms with Gasteiger partial charge in [0.05, 0.1) is 31.3 Å². The highest BCUT2D eigenvalue weighted by Crippen LogP contribution is 2.34. The highest BCUT2D eigenvalue weighted by atomic mass is 16.5. The van der Waals surface area contributed by atoms with Crippen molar-refractivity contribution in [3.63, 3.8) is 0 Å². The third-order valence-electron chi connectivity index (χ3n) is 5.99. The van der Waals surface area contributed by atoms with Gasteiger partial charge in [-0.3, -0.25) is 19.3 Å². The van der Waals surface area contributed by atoms with Crippen LogP contribution in [-0.4, -0.2) is 57.2 Å². The van der Waals surface area contributed by atoms with Crippen LogP contribution < -0.4 is 10.1 Å². The zero-order valence-electron chi connectivity index (χ0n) is 19.0. The quantitative estimate of drug-likeness (QED) is 0.467. The lowest BCUT2D eigenvalue weighted by Crippen LogP contribution is -2.58. The standard InChI is InChI=1S/C26H22N6O3/c1-31-23(6-8-30-31)26(34)29-14-25(33)32-15-21(16-32)35-24-11-20(10-19-5-7-28-13-22(19)24)18-4-2-3-17(9-18)12-27/h2-11,13,21H,14-16H2,1H3,(H,29,34). The van der Waals surface area contributed by atoms with Crippen molar-refractivity contribution in [3.05, 3.63) is 78.4 Å². The average molecular weight is 467 g/mol. The van der Waals surface area contributed by atoms with Gasteiger partial charge in [0.1, 0.15) is 17.5 Å². The normalized spacial score (nSPS) is 13.2. The second kappa shape index (κ2) is 9.27. The van der Waals surface area contributed by atoms with Gasteiger partial charge < -0.3 is 15.0 Å². The SMILES string of the molecule is Cn1nccc1C(=O)NCC(=O)N1CC(Oc2cc(-c3cccc(C#N)c3)cc3ccncc23)C1. The van der Waals surface area contributed by atoms with Crippen LogP contribution in [0.15, 0.2) is 67.1 Å². The summed E-state index contributed by atoms with van der Waals surface area (Å²) in [6, 6.07) is 17.1. The average Bonchev–Trinajstić information content (AvgIpc) is 3.30. The predicted octanol–water partition coefficient (Wildman–Crippen LogP) is 2.53. The second-order valence-electron chi connectivity index (χ2n) is 8.33. The maximum Gasteiger partial charge on any atom is 0.269 e. The number of nitrogens with one attached hydrogen (secondary N) is 1. The molecule has 5 rings (SSSR count). The van der Waals surface area contributed by atoms with E-state index in [1.165, 1.54) is 10.9 Å². The third kappa shape index (κ3) is 4.54. The number of carbonyl (C=O) groups is 2. The van der Waals surface area contributed by atoms with E-state index in [4.69, 9.17) is 4.74 Å². The van der Waals surface area contributed by atoms with Crippen LogP contribution in [0.4, 0.5) is 0 Å². The van der Waals surface area contributed by atoms with Crippen molar-refractivity contribution in [2.75, 3.05) is 19.6 Å². The van der Waals surface area contributed by atoms with Gasteiger partial charge >= 0.3 is 0 Å². The molecule has 4 aromatic rings. The van der Waals surface area contributed by atoms with Gasteiger partial charge in [0.15, 0.2) is 0 Å². The van der Waals surface area contributed by atoms with Crippen LogP contribution in [0.2, 0.25) is 0 Å². The first-order chi connectivity index (χ1) is 17.0. The Labute approximate surface area is 201 Å². The van der Waals surface area contributed by atoms with Gasteiger partial charge in [-0.15, -0.1) is 0 Å². The Morgan fingerprint density at radius 3 is 2.77 bits per heavy atom. The Morgan fingerprint density at radius 2 is 2.00 bits per heavy atom. The first-order valence-corrected chi connectivity index (χ1v) is 11.1. The molecule has 2 amide bonds. The molecule has 1 N–H and O–H groups in total. The van der Waals surface area contributed by atoms with Crippen LogP contribution in [0.25, 0.3) is 21.9 Å². The lowest BCUT2D eigenvalue weighted by Gasteiger charge is -2.39. The van der Waals surface area contributed by atoms with E-state index in [1.807, 2.05) is 36.4 Å². The van der Waals surface area contributed by atoms with E-state index in [1.54, 1.807) is 36.5 Å². The van der Waals surface area contributed by atoms with Gasteiger partial charge in [0.2, 0.25) is 5.91 Å². The Bertz CT molecular complexity index is 1470. The molecule has 9 nitrogen and oxygen atoms in total. The molecule has 0 spiro atoms. The van der Waals surface area contributed by atoms with Gasteiger partial charge in [-0.2, -0.15) is 10.4 Å². The number of carbonyl (C=O) groups excluding carboxylic acids is 2. The smallest absolute Gasteiger partial charge is 0.269 e. The molecule has 0 bridgehead atoms. The minimum absolute atomic E-state index is 0.0890. The molecule has 0 atom stereocenters. The fourth-order valence-electron chi connectivity index (χ4n) is 4.05. The molecule has 35 heavy (non-hydrogen) atoms. The summed E-state index contributed by atoms with van der Waals surface area (Å²) in [4.78, 5) is 30.6. The number of rotatable bonds is 6. The minimum Gasteiger partial charge on any atom is -0.486 e. The van der Waals surface area contributed by atoms with Crippen LogP contribution >= 0.6 is 0 Å². The first kappa shape index (κ1) is 22.1. The molecule has 1 saturated heterocycles. The van der Waals surface area contributed by atoms with Gasteiger partial charge in [0, 0.05) is 31.0 Å². The number of aryl methyl sites for hydroxylation is 1. The van der Waals surface area contributed by atoms with E-state index in [0.29, 0.717) is 30.1 Å². The molecule has 1 fully saturated rings. The first-order valence-electron chi connectivity index (χ1n) is 11.1. The van der Waals surface area contributed by atoms with Crippen molar-refractivity contribution in [1.29, 1.82) is 5.26 Å². The molecule has 2 aromatic heterocycles. The molecule has 2 aromatic carbocycles. The van der Waals surface area contributed by atoms with Crippen molar-refractivity contribution in [2.24, 2.45) is 7.05 Å². The van der Waals surface area contributed by atoms with Crippen LogP contribution in [0.5, 0.6) is 5.75 Å². The molecule has 0 unspecified atom stereocenters. The number of amides is 2. The fourth-order valence-corrected chi connectivity index (χ4v) is 4.05. The van der Waals surface area contributed by atoms with Crippen LogP contribution in [0, 0.1) is 11.3 Å². The number of aromatic nitrogens is 3. The van der Waals surface area contributed by atoms with E-state index < -0.39 is 0 Å². The van der Waals surface area contributed by atoms with Crippen molar-refractivity contribution < 1.29 is 14.3 Å². The number of likely N-dealkylation sites (tertiary alicyclic amines) is 1. The topological polar surface area (TPSA) is 113 Å². The third-order valence-corrected chi connectivity index (χ3v) is 5.99. The number of ether oxygens (including phenoxy) is 1. The number of nitriles is 1. The summed E-state index contributed by atoms with van der Waals surface area (Å²) in [7, 11) is 1.67. The highest BCUT2D eigenvalue weighted by Gasteiger charge is 2.32. The van der Waals surface area contributed by atoms with E-state index in [9.17, 15) is 14.9 Å². The Morgan fingerprint density at radius 1 is 1.14 bits per heavy atom. The summed E-state index contributed by atoms with van der Waals surface area (Å²) >= 11 is 0. The van der Waals surface area contributed by atoms with Gasteiger partial charge in [0.25, 0.3) is 5.91 Å². The Hall–Kier alpha value is -4.71. The highest BCUT2D eigenvalue weighted by molar-refractivity contribution is 5.95. The van der Waals surface area contributed by atoms with Crippen LogP contribution in [0.1, 0.15) is 16.1 Å². The van der Waals surface area contributed by atoms with Crippen molar-refractivity contribution in [3.8, 4) is 22.9 Å².